The maximum absolute atomic E-state index is 9.30. The molecule has 0 amide bonds. The van der Waals surface area contributed by atoms with Crippen molar-refractivity contribution in [2.45, 2.75) is 13.0 Å². The van der Waals surface area contributed by atoms with E-state index in [9.17, 15) is 5.11 Å². The number of rotatable bonds is 5. The van der Waals surface area contributed by atoms with E-state index in [-0.39, 0.29) is 0 Å². The van der Waals surface area contributed by atoms with Crippen molar-refractivity contribution in [2.24, 2.45) is 7.05 Å². The van der Waals surface area contributed by atoms with Gasteiger partial charge in [0.1, 0.15) is 12.1 Å². The van der Waals surface area contributed by atoms with Crippen molar-refractivity contribution in [3.63, 3.8) is 0 Å². The largest absolute Gasteiger partial charge is 0.508 e. The zero-order chi connectivity index (χ0) is 12.1. The molecule has 0 unspecified atom stereocenters. The van der Waals surface area contributed by atoms with Crippen molar-refractivity contribution in [3.05, 3.63) is 42.0 Å². The third kappa shape index (κ3) is 3.57. The van der Waals surface area contributed by atoms with E-state index in [0.717, 1.165) is 30.9 Å². The monoisotopic (exact) mass is 232 g/mol. The second kappa shape index (κ2) is 5.45. The predicted molar refractivity (Wildman–Crippen MR) is 64.5 cm³/mol. The lowest BCUT2D eigenvalue weighted by Gasteiger charge is -2.03. The molecule has 0 bridgehead atoms. The number of phenolic OH excluding ortho intramolecular Hbond substituents is 1. The van der Waals surface area contributed by atoms with E-state index in [1.165, 1.54) is 0 Å². The molecular weight excluding hydrogens is 216 g/mol. The molecule has 0 saturated heterocycles. The Morgan fingerprint density at radius 3 is 3.00 bits per heavy atom. The summed E-state index contributed by atoms with van der Waals surface area (Å²) in [5.41, 5.74) is 1.07. The average Bonchev–Trinajstić information content (AvgIpc) is 2.71. The third-order valence-electron chi connectivity index (χ3n) is 2.41. The van der Waals surface area contributed by atoms with Crippen LogP contribution in [0.3, 0.4) is 0 Å². The van der Waals surface area contributed by atoms with Crippen molar-refractivity contribution in [2.75, 3.05) is 6.54 Å². The molecule has 0 aliphatic rings. The topological polar surface area (TPSA) is 63.0 Å². The summed E-state index contributed by atoms with van der Waals surface area (Å²) >= 11 is 0. The molecule has 0 saturated carbocycles. The van der Waals surface area contributed by atoms with Crippen LogP contribution in [0.4, 0.5) is 0 Å². The molecule has 2 N–H and O–H groups in total. The van der Waals surface area contributed by atoms with E-state index in [4.69, 9.17) is 0 Å². The minimum absolute atomic E-state index is 0.302. The highest BCUT2D eigenvalue weighted by Crippen LogP contribution is 2.10. The fourth-order valence-corrected chi connectivity index (χ4v) is 1.60. The number of hydrogen-bond donors (Lipinski definition) is 2. The molecule has 0 fully saturated rings. The Morgan fingerprint density at radius 2 is 2.29 bits per heavy atom. The van der Waals surface area contributed by atoms with Gasteiger partial charge in [-0.15, -0.1) is 0 Å². The van der Waals surface area contributed by atoms with Crippen molar-refractivity contribution in [1.29, 1.82) is 0 Å². The summed E-state index contributed by atoms with van der Waals surface area (Å²) in [4.78, 5) is 4.15. The van der Waals surface area contributed by atoms with Crippen LogP contribution in [0.2, 0.25) is 0 Å². The maximum atomic E-state index is 9.30. The Kier molecular flexibility index (Phi) is 3.72. The van der Waals surface area contributed by atoms with Crippen LogP contribution >= 0.6 is 0 Å². The summed E-state index contributed by atoms with van der Waals surface area (Å²) in [5, 5.41) is 16.8. The lowest BCUT2D eigenvalue weighted by molar-refractivity contribution is 0.474. The molecule has 1 aromatic heterocycles. The van der Waals surface area contributed by atoms with Gasteiger partial charge < -0.3 is 10.4 Å². The summed E-state index contributed by atoms with van der Waals surface area (Å²) in [5.74, 6) is 1.15. The van der Waals surface area contributed by atoms with Crippen LogP contribution in [-0.4, -0.2) is 26.4 Å². The van der Waals surface area contributed by atoms with Crippen LogP contribution in [0.15, 0.2) is 30.6 Å². The maximum Gasteiger partial charge on any atom is 0.151 e. The third-order valence-corrected chi connectivity index (χ3v) is 2.41. The van der Waals surface area contributed by atoms with Crippen LogP contribution in [0.25, 0.3) is 0 Å². The normalized spacial score (nSPS) is 10.6. The van der Waals surface area contributed by atoms with Crippen molar-refractivity contribution in [3.8, 4) is 5.75 Å². The number of benzene rings is 1. The minimum Gasteiger partial charge on any atom is -0.508 e. The van der Waals surface area contributed by atoms with Gasteiger partial charge in [0.15, 0.2) is 5.82 Å². The number of phenols is 1. The molecule has 5 nitrogen and oxygen atoms in total. The molecule has 2 rings (SSSR count). The molecule has 17 heavy (non-hydrogen) atoms. The van der Waals surface area contributed by atoms with Crippen LogP contribution in [0.1, 0.15) is 11.4 Å². The summed E-state index contributed by atoms with van der Waals surface area (Å²) in [6.07, 6.45) is 2.50. The first-order valence-corrected chi connectivity index (χ1v) is 5.57. The van der Waals surface area contributed by atoms with E-state index in [1.54, 1.807) is 23.1 Å². The Bertz CT molecular complexity index is 481. The molecule has 1 aromatic carbocycles. The number of nitrogens with zero attached hydrogens (tertiary/aromatic N) is 3. The van der Waals surface area contributed by atoms with Gasteiger partial charge in [-0.1, -0.05) is 12.1 Å². The van der Waals surface area contributed by atoms with Gasteiger partial charge in [0, 0.05) is 26.6 Å². The van der Waals surface area contributed by atoms with Gasteiger partial charge in [-0.2, -0.15) is 5.10 Å². The SMILES string of the molecule is Cn1cnc(CCNCc2cccc(O)c2)n1. The summed E-state index contributed by atoms with van der Waals surface area (Å²) < 4.78 is 1.70. The van der Waals surface area contributed by atoms with E-state index in [2.05, 4.69) is 15.4 Å². The number of aromatic hydroxyl groups is 1. The van der Waals surface area contributed by atoms with Gasteiger partial charge in [-0.25, -0.2) is 4.98 Å². The average molecular weight is 232 g/mol. The van der Waals surface area contributed by atoms with Gasteiger partial charge >= 0.3 is 0 Å². The Labute approximate surface area is 100 Å². The molecule has 0 aliphatic carbocycles. The first-order valence-electron chi connectivity index (χ1n) is 5.57. The smallest absolute Gasteiger partial charge is 0.151 e. The first-order chi connectivity index (χ1) is 8.24. The second-order valence-corrected chi connectivity index (χ2v) is 3.93. The molecule has 0 atom stereocenters. The second-order valence-electron chi connectivity index (χ2n) is 3.93. The van der Waals surface area contributed by atoms with Gasteiger partial charge in [-0.05, 0) is 17.7 Å². The van der Waals surface area contributed by atoms with Crippen molar-refractivity contribution in [1.82, 2.24) is 20.1 Å². The summed E-state index contributed by atoms with van der Waals surface area (Å²) in [6.45, 7) is 1.56. The molecule has 90 valence electrons. The van der Waals surface area contributed by atoms with E-state index in [1.807, 2.05) is 19.2 Å². The van der Waals surface area contributed by atoms with Crippen molar-refractivity contribution >= 4 is 0 Å². The van der Waals surface area contributed by atoms with Crippen LogP contribution in [-0.2, 0) is 20.0 Å². The van der Waals surface area contributed by atoms with E-state index >= 15 is 0 Å². The number of aromatic nitrogens is 3. The first kappa shape index (κ1) is 11.6. The summed E-state index contributed by atoms with van der Waals surface area (Å²) in [7, 11) is 1.86. The van der Waals surface area contributed by atoms with Crippen LogP contribution < -0.4 is 5.32 Å². The lowest BCUT2D eigenvalue weighted by atomic mass is 10.2. The molecule has 0 aliphatic heterocycles. The van der Waals surface area contributed by atoms with Gasteiger partial charge in [0.2, 0.25) is 0 Å². The van der Waals surface area contributed by atoms with Gasteiger partial charge in [0.05, 0.1) is 0 Å². The Hall–Kier alpha value is -1.88. The van der Waals surface area contributed by atoms with Crippen LogP contribution in [0.5, 0.6) is 5.75 Å². The predicted octanol–water partition coefficient (Wildman–Crippen LogP) is 0.853. The van der Waals surface area contributed by atoms with Gasteiger partial charge in [-0.3, -0.25) is 4.68 Å². The number of hydrogen-bond acceptors (Lipinski definition) is 4. The molecular formula is C12H16N4O. The standard InChI is InChI=1S/C12H16N4O/c1-16-9-14-12(15-16)5-6-13-8-10-3-2-4-11(17)7-10/h2-4,7,9,13,17H,5-6,8H2,1H3. The number of aryl methyl sites for hydroxylation is 1. The van der Waals surface area contributed by atoms with Crippen LogP contribution in [0, 0.1) is 0 Å². The quantitative estimate of drug-likeness (QED) is 0.750. The fourth-order valence-electron chi connectivity index (χ4n) is 1.60. The molecule has 0 radical (unpaired) electrons. The molecule has 1 heterocycles. The minimum atomic E-state index is 0.302. The zero-order valence-corrected chi connectivity index (χ0v) is 9.80. The highest BCUT2D eigenvalue weighted by Gasteiger charge is 1.98. The Morgan fingerprint density at radius 1 is 1.41 bits per heavy atom. The zero-order valence-electron chi connectivity index (χ0n) is 9.80. The number of nitrogens with one attached hydrogen (secondary N) is 1. The van der Waals surface area contributed by atoms with Gasteiger partial charge in [0.25, 0.3) is 0 Å². The van der Waals surface area contributed by atoms with E-state index < -0.39 is 0 Å². The van der Waals surface area contributed by atoms with E-state index in [0.29, 0.717) is 5.75 Å². The fraction of sp³-hybridized carbons (Fsp3) is 0.333. The van der Waals surface area contributed by atoms with Crippen molar-refractivity contribution < 1.29 is 5.11 Å². The summed E-state index contributed by atoms with van der Waals surface area (Å²) in [6, 6.07) is 7.24. The lowest BCUT2D eigenvalue weighted by Crippen LogP contribution is -2.17. The molecule has 0 spiro atoms. The molecule has 2 aromatic rings. The molecule has 5 heteroatoms. The Balaban J connectivity index is 1.73. The highest BCUT2D eigenvalue weighted by atomic mass is 16.3. The highest BCUT2D eigenvalue weighted by molar-refractivity contribution is 5.26.